The Bertz CT molecular complexity index is 381. The van der Waals surface area contributed by atoms with Crippen LogP contribution in [0.5, 0.6) is 0 Å². The molecule has 0 amide bonds. The van der Waals surface area contributed by atoms with E-state index in [1.54, 1.807) is 0 Å². The highest BCUT2D eigenvalue weighted by molar-refractivity contribution is 5.22. The molecule has 3 unspecified atom stereocenters. The number of nitrogens with one attached hydrogen (secondary N) is 1. The second kappa shape index (κ2) is 7.83. The van der Waals surface area contributed by atoms with Gasteiger partial charge in [0.25, 0.3) is 0 Å². The molecule has 1 aliphatic rings. The predicted octanol–water partition coefficient (Wildman–Crippen LogP) is 4.73. The van der Waals surface area contributed by atoms with Gasteiger partial charge in [-0.15, -0.1) is 0 Å². The molecule has 112 valence electrons. The highest BCUT2D eigenvalue weighted by Crippen LogP contribution is 2.35. The lowest BCUT2D eigenvalue weighted by Crippen LogP contribution is -2.42. The quantitative estimate of drug-likeness (QED) is 0.790. The SMILES string of the molecule is CCNC(Cc1ccc(C)cc1)C1CCCCC1CC. The molecule has 1 nitrogen and oxygen atoms in total. The molecule has 1 saturated carbocycles. The van der Waals surface area contributed by atoms with Crippen molar-refractivity contribution in [2.24, 2.45) is 11.8 Å². The Morgan fingerprint density at radius 1 is 1.10 bits per heavy atom. The minimum atomic E-state index is 0.660. The number of likely N-dealkylation sites (N-methyl/N-ethyl adjacent to an activating group) is 1. The Hall–Kier alpha value is -0.820. The van der Waals surface area contributed by atoms with Gasteiger partial charge in [-0.05, 0) is 43.7 Å². The largest absolute Gasteiger partial charge is 0.314 e. The molecule has 2 rings (SSSR count). The maximum absolute atomic E-state index is 3.78. The topological polar surface area (TPSA) is 12.0 Å². The average Bonchev–Trinajstić information content (AvgIpc) is 2.49. The summed E-state index contributed by atoms with van der Waals surface area (Å²) in [5.41, 5.74) is 2.85. The van der Waals surface area contributed by atoms with Gasteiger partial charge in [-0.3, -0.25) is 0 Å². The van der Waals surface area contributed by atoms with E-state index in [1.807, 2.05) is 0 Å². The van der Waals surface area contributed by atoms with Crippen molar-refractivity contribution in [1.29, 1.82) is 0 Å². The molecule has 20 heavy (non-hydrogen) atoms. The van der Waals surface area contributed by atoms with E-state index in [9.17, 15) is 0 Å². The summed E-state index contributed by atoms with van der Waals surface area (Å²) in [6.07, 6.45) is 8.27. The number of aryl methyl sites for hydroxylation is 1. The molecule has 3 atom stereocenters. The van der Waals surface area contributed by atoms with Crippen molar-refractivity contribution in [2.45, 2.75) is 65.3 Å². The minimum Gasteiger partial charge on any atom is -0.314 e. The van der Waals surface area contributed by atoms with E-state index in [4.69, 9.17) is 0 Å². The second-order valence-electron chi connectivity index (χ2n) is 6.47. The summed E-state index contributed by atoms with van der Waals surface area (Å²) in [5, 5.41) is 3.78. The number of rotatable bonds is 6. The fourth-order valence-corrected chi connectivity index (χ4v) is 3.89. The van der Waals surface area contributed by atoms with Crippen molar-refractivity contribution in [2.75, 3.05) is 6.54 Å². The molecule has 0 bridgehead atoms. The molecule has 1 fully saturated rings. The molecular formula is C19H31N. The molecule has 0 aliphatic heterocycles. The molecule has 0 spiro atoms. The lowest BCUT2D eigenvalue weighted by Gasteiger charge is -2.37. The lowest BCUT2D eigenvalue weighted by atomic mass is 9.72. The molecule has 1 aromatic rings. The van der Waals surface area contributed by atoms with Crippen LogP contribution in [0, 0.1) is 18.8 Å². The highest BCUT2D eigenvalue weighted by atomic mass is 14.9. The van der Waals surface area contributed by atoms with Crippen LogP contribution < -0.4 is 5.32 Å². The first-order valence-electron chi connectivity index (χ1n) is 8.53. The fourth-order valence-electron chi connectivity index (χ4n) is 3.89. The van der Waals surface area contributed by atoms with Crippen LogP contribution in [0.3, 0.4) is 0 Å². The minimum absolute atomic E-state index is 0.660. The third-order valence-corrected chi connectivity index (χ3v) is 5.05. The highest BCUT2D eigenvalue weighted by Gasteiger charge is 2.30. The van der Waals surface area contributed by atoms with Gasteiger partial charge in [0.1, 0.15) is 0 Å². The van der Waals surface area contributed by atoms with Gasteiger partial charge in [0, 0.05) is 6.04 Å². The van der Waals surface area contributed by atoms with Crippen molar-refractivity contribution in [3.63, 3.8) is 0 Å². The molecular weight excluding hydrogens is 242 g/mol. The Kier molecular flexibility index (Phi) is 6.09. The van der Waals surface area contributed by atoms with E-state index in [2.05, 4.69) is 50.4 Å². The van der Waals surface area contributed by atoms with Crippen LogP contribution in [0.25, 0.3) is 0 Å². The van der Waals surface area contributed by atoms with E-state index in [0.29, 0.717) is 6.04 Å². The first-order valence-corrected chi connectivity index (χ1v) is 8.53. The van der Waals surface area contributed by atoms with Crippen LogP contribution in [0.1, 0.15) is 57.1 Å². The molecule has 1 heteroatoms. The zero-order valence-electron chi connectivity index (χ0n) is 13.5. The number of benzene rings is 1. The summed E-state index contributed by atoms with van der Waals surface area (Å²) in [7, 11) is 0. The van der Waals surface area contributed by atoms with Crippen LogP contribution in [0.4, 0.5) is 0 Å². The van der Waals surface area contributed by atoms with Crippen LogP contribution in [0.2, 0.25) is 0 Å². The van der Waals surface area contributed by atoms with Crippen molar-refractivity contribution in [3.05, 3.63) is 35.4 Å². The summed E-state index contributed by atoms with van der Waals surface area (Å²) < 4.78 is 0. The maximum atomic E-state index is 3.78. The number of hydrogen-bond acceptors (Lipinski definition) is 1. The van der Waals surface area contributed by atoms with E-state index in [-0.39, 0.29) is 0 Å². The second-order valence-corrected chi connectivity index (χ2v) is 6.47. The predicted molar refractivity (Wildman–Crippen MR) is 88.1 cm³/mol. The monoisotopic (exact) mass is 273 g/mol. The van der Waals surface area contributed by atoms with Gasteiger partial charge >= 0.3 is 0 Å². The molecule has 1 aromatic carbocycles. The van der Waals surface area contributed by atoms with Crippen LogP contribution in [-0.2, 0) is 6.42 Å². The molecule has 0 heterocycles. The van der Waals surface area contributed by atoms with Crippen molar-refractivity contribution in [3.8, 4) is 0 Å². The molecule has 1 N–H and O–H groups in total. The van der Waals surface area contributed by atoms with Crippen LogP contribution >= 0.6 is 0 Å². The van der Waals surface area contributed by atoms with Gasteiger partial charge in [0.2, 0.25) is 0 Å². The standard InChI is InChI=1S/C19H31N/c1-4-17-8-6-7-9-18(17)19(20-5-2)14-16-12-10-15(3)11-13-16/h10-13,17-20H,4-9,14H2,1-3H3. The summed E-state index contributed by atoms with van der Waals surface area (Å²) in [6, 6.07) is 9.77. The Morgan fingerprint density at radius 3 is 2.45 bits per heavy atom. The molecule has 0 aromatic heterocycles. The first-order chi connectivity index (χ1) is 9.74. The van der Waals surface area contributed by atoms with E-state index in [0.717, 1.165) is 18.4 Å². The Balaban J connectivity index is 2.06. The summed E-state index contributed by atoms with van der Waals surface area (Å²) in [4.78, 5) is 0. The van der Waals surface area contributed by atoms with Gasteiger partial charge < -0.3 is 5.32 Å². The molecule has 1 aliphatic carbocycles. The lowest BCUT2D eigenvalue weighted by molar-refractivity contribution is 0.175. The molecule has 0 saturated heterocycles. The van der Waals surface area contributed by atoms with Crippen LogP contribution in [0.15, 0.2) is 24.3 Å². The van der Waals surface area contributed by atoms with E-state index in [1.165, 1.54) is 49.7 Å². The van der Waals surface area contributed by atoms with Gasteiger partial charge in [-0.2, -0.15) is 0 Å². The zero-order chi connectivity index (χ0) is 14.4. The van der Waals surface area contributed by atoms with E-state index < -0.39 is 0 Å². The number of hydrogen-bond donors (Lipinski definition) is 1. The van der Waals surface area contributed by atoms with Gasteiger partial charge in [-0.1, -0.05) is 69.4 Å². The van der Waals surface area contributed by atoms with Crippen molar-refractivity contribution < 1.29 is 0 Å². The summed E-state index contributed by atoms with van der Waals surface area (Å²) in [5.74, 6) is 1.80. The zero-order valence-corrected chi connectivity index (χ0v) is 13.5. The smallest absolute Gasteiger partial charge is 0.0138 e. The van der Waals surface area contributed by atoms with Crippen molar-refractivity contribution >= 4 is 0 Å². The summed E-state index contributed by atoms with van der Waals surface area (Å²) in [6.45, 7) is 7.87. The van der Waals surface area contributed by atoms with Gasteiger partial charge in [0.15, 0.2) is 0 Å². The molecule has 0 radical (unpaired) electrons. The average molecular weight is 273 g/mol. The third-order valence-electron chi connectivity index (χ3n) is 5.05. The normalized spacial score (nSPS) is 24.6. The van der Waals surface area contributed by atoms with Crippen molar-refractivity contribution in [1.82, 2.24) is 5.32 Å². The third kappa shape index (κ3) is 4.09. The maximum Gasteiger partial charge on any atom is 0.0138 e. The Labute approximate surface area is 125 Å². The van der Waals surface area contributed by atoms with Crippen LogP contribution in [-0.4, -0.2) is 12.6 Å². The summed E-state index contributed by atoms with van der Waals surface area (Å²) >= 11 is 0. The van der Waals surface area contributed by atoms with Gasteiger partial charge in [-0.25, -0.2) is 0 Å². The Morgan fingerprint density at radius 2 is 1.80 bits per heavy atom. The first kappa shape index (κ1) is 15.6. The van der Waals surface area contributed by atoms with Gasteiger partial charge in [0.05, 0.1) is 0 Å². The fraction of sp³-hybridized carbons (Fsp3) is 0.684. The van der Waals surface area contributed by atoms with E-state index >= 15 is 0 Å².